The molecule has 0 amide bonds. The molecule has 0 spiro atoms. The van der Waals surface area contributed by atoms with Crippen molar-refractivity contribution in [3.05, 3.63) is 47.5 Å². The van der Waals surface area contributed by atoms with Gasteiger partial charge in [0.25, 0.3) is 0 Å². The van der Waals surface area contributed by atoms with Gasteiger partial charge in [0.1, 0.15) is 0 Å². The Morgan fingerprint density at radius 3 is 2.86 bits per heavy atom. The van der Waals surface area contributed by atoms with Crippen molar-refractivity contribution < 1.29 is 0 Å². The molecule has 4 atom stereocenters. The van der Waals surface area contributed by atoms with E-state index >= 15 is 0 Å². The Labute approximate surface area is 84.6 Å². The molecule has 0 radical (unpaired) electrons. The Bertz CT molecular complexity index is 416. The molecule has 0 saturated heterocycles. The number of benzene rings is 1. The molecule has 14 heavy (non-hydrogen) atoms. The Balaban J connectivity index is 1.89. The lowest BCUT2D eigenvalue weighted by Gasteiger charge is -2.20. The normalized spacial score (nSPS) is 41.4. The molecule has 0 heterocycles. The quantitative estimate of drug-likeness (QED) is 0.541. The average molecular weight is 182 g/mol. The molecular formula is C14H14. The van der Waals surface area contributed by atoms with Gasteiger partial charge in [0.05, 0.1) is 0 Å². The monoisotopic (exact) mass is 182 g/mol. The second-order valence-corrected chi connectivity index (χ2v) is 5.04. The summed E-state index contributed by atoms with van der Waals surface area (Å²) in [6.07, 6.45) is 7.71. The van der Waals surface area contributed by atoms with E-state index < -0.39 is 0 Å². The third-order valence-electron chi connectivity index (χ3n) is 4.49. The highest BCUT2D eigenvalue weighted by molar-refractivity contribution is 5.41. The van der Waals surface area contributed by atoms with Crippen molar-refractivity contribution in [1.29, 1.82) is 0 Å². The Hall–Kier alpha value is -1.04. The number of allylic oxidation sites excluding steroid dienone is 2. The van der Waals surface area contributed by atoms with Crippen LogP contribution in [0.25, 0.3) is 0 Å². The van der Waals surface area contributed by atoms with E-state index in [1.54, 1.807) is 11.1 Å². The summed E-state index contributed by atoms with van der Waals surface area (Å²) in [4.78, 5) is 0. The highest BCUT2D eigenvalue weighted by atomic mass is 14.5. The van der Waals surface area contributed by atoms with Crippen LogP contribution in [0.2, 0.25) is 0 Å². The van der Waals surface area contributed by atoms with E-state index in [2.05, 4.69) is 36.4 Å². The second-order valence-electron chi connectivity index (χ2n) is 5.04. The van der Waals surface area contributed by atoms with Crippen LogP contribution in [0.5, 0.6) is 0 Å². The van der Waals surface area contributed by atoms with Gasteiger partial charge in [-0.25, -0.2) is 0 Å². The summed E-state index contributed by atoms with van der Waals surface area (Å²) in [5, 5.41) is 0. The summed E-state index contributed by atoms with van der Waals surface area (Å²) in [6, 6.07) is 9.08. The number of hydrogen-bond acceptors (Lipinski definition) is 0. The predicted octanol–water partition coefficient (Wildman–Crippen LogP) is 3.15. The summed E-state index contributed by atoms with van der Waals surface area (Å²) >= 11 is 0. The molecule has 0 N–H and O–H groups in total. The van der Waals surface area contributed by atoms with Gasteiger partial charge in [0.15, 0.2) is 0 Å². The standard InChI is InChI=1S/C14H14/c1-2-4-12-9(3-1)8-13-10-5-6-11(7-10)14(12)13/h1-6,10-11,13-14H,7-8H2/t10-,11+,13-,14-/m1/s1. The topological polar surface area (TPSA) is 0 Å². The van der Waals surface area contributed by atoms with Gasteiger partial charge in [-0.2, -0.15) is 0 Å². The van der Waals surface area contributed by atoms with Gasteiger partial charge in [-0.05, 0) is 47.6 Å². The lowest BCUT2D eigenvalue weighted by Crippen LogP contribution is -2.12. The van der Waals surface area contributed by atoms with Gasteiger partial charge in [0.2, 0.25) is 0 Å². The lowest BCUT2D eigenvalue weighted by atomic mass is 9.84. The van der Waals surface area contributed by atoms with Crippen LogP contribution in [0.15, 0.2) is 36.4 Å². The molecule has 3 aliphatic rings. The first-order valence-electron chi connectivity index (χ1n) is 5.69. The van der Waals surface area contributed by atoms with Crippen molar-refractivity contribution in [3.8, 4) is 0 Å². The summed E-state index contributed by atoms with van der Waals surface area (Å²) in [5.41, 5.74) is 3.29. The van der Waals surface area contributed by atoms with Gasteiger partial charge in [-0.15, -0.1) is 0 Å². The van der Waals surface area contributed by atoms with Gasteiger partial charge in [0, 0.05) is 0 Å². The van der Waals surface area contributed by atoms with Crippen LogP contribution >= 0.6 is 0 Å². The Kier molecular flexibility index (Phi) is 1.20. The first kappa shape index (κ1) is 7.28. The van der Waals surface area contributed by atoms with Crippen LogP contribution < -0.4 is 0 Å². The van der Waals surface area contributed by atoms with Crippen molar-refractivity contribution >= 4 is 0 Å². The molecule has 1 saturated carbocycles. The summed E-state index contributed by atoms with van der Waals surface area (Å²) in [7, 11) is 0. The predicted molar refractivity (Wildman–Crippen MR) is 57.1 cm³/mol. The van der Waals surface area contributed by atoms with E-state index in [1.165, 1.54) is 12.8 Å². The lowest BCUT2D eigenvalue weighted by molar-refractivity contribution is 0.426. The molecule has 1 fully saturated rings. The third-order valence-corrected chi connectivity index (χ3v) is 4.49. The first-order chi connectivity index (χ1) is 6.93. The fourth-order valence-electron chi connectivity index (χ4n) is 3.96. The van der Waals surface area contributed by atoms with Crippen LogP contribution in [0.4, 0.5) is 0 Å². The highest BCUT2D eigenvalue weighted by Crippen LogP contribution is 2.58. The summed E-state index contributed by atoms with van der Waals surface area (Å²) < 4.78 is 0. The van der Waals surface area contributed by atoms with E-state index in [1.807, 2.05) is 0 Å². The van der Waals surface area contributed by atoms with Gasteiger partial charge < -0.3 is 0 Å². The largest absolute Gasteiger partial charge is 0.0848 e. The molecular weight excluding hydrogens is 168 g/mol. The van der Waals surface area contributed by atoms with Crippen LogP contribution in [0.3, 0.4) is 0 Å². The van der Waals surface area contributed by atoms with Crippen LogP contribution in [0, 0.1) is 17.8 Å². The fraction of sp³-hybridized carbons (Fsp3) is 0.429. The van der Waals surface area contributed by atoms with Gasteiger partial charge in [-0.1, -0.05) is 36.4 Å². The highest BCUT2D eigenvalue weighted by Gasteiger charge is 2.48. The van der Waals surface area contributed by atoms with Gasteiger partial charge >= 0.3 is 0 Å². The molecule has 0 heteroatoms. The molecule has 0 aliphatic heterocycles. The maximum absolute atomic E-state index is 2.47. The van der Waals surface area contributed by atoms with Gasteiger partial charge in [-0.3, -0.25) is 0 Å². The van der Waals surface area contributed by atoms with E-state index in [0.29, 0.717) is 0 Å². The molecule has 0 unspecified atom stereocenters. The molecule has 4 rings (SSSR count). The molecule has 1 aromatic carbocycles. The molecule has 2 bridgehead atoms. The molecule has 0 nitrogen and oxygen atoms in total. The van der Waals surface area contributed by atoms with Crippen molar-refractivity contribution in [2.24, 2.45) is 17.8 Å². The van der Waals surface area contributed by atoms with E-state index in [4.69, 9.17) is 0 Å². The molecule has 1 aromatic rings. The Morgan fingerprint density at radius 2 is 1.86 bits per heavy atom. The zero-order chi connectivity index (χ0) is 9.12. The minimum atomic E-state index is 0.869. The fourth-order valence-corrected chi connectivity index (χ4v) is 3.96. The molecule has 0 aromatic heterocycles. The number of rotatable bonds is 0. The second kappa shape index (κ2) is 2.31. The van der Waals surface area contributed by atoms with Crippen molar-refractivity contribution in [2.45, 2.75) is 18.8 Å². The number of hydrogen-bond donors (Lipinski definition) is 0. The molecule has 3 aliphatic carbocycles. The smallest absolute Gasteiger partial charge is 0.00589 e. The van der Waals surface area contributed by atoms with Crippen molar-refractivity contribution in [3.63, 3.8) is 0 Å². The Morgan fingerprint density at radius 1 is 1.00 bits per heavy atom. The minimum absolute atomic E-state index is 0.869. The summed E-state index contributed by atoms with van der Waals surface area (Å²) in [5.74, 6) is 3.59. The molecule has 70 valence electrons. The first-order valence-corrected chi connectivity index (χ1v) is 5.69. The van der Waals surface area contributed by atoms with Crippen molar-refractivity contribution in [2.75, 3.05) is 0 Å². The summed E-state index contributed by atoms with van der Waals surface area (Å²) in [6.45, 7) is 0. The minimum Gasteiger partial charge on any atom is -0.0848 e. The van der Waals surface area contributed by atoms with Crippen LogP contribution in [-0.2, 0) is 6.42 Å². The van der Waals surface area contributed by atoms with E-state index in [-0.39, 0.29) is 0 Å². The van der Waals surface area contributed by atoms with E-state index in [0.717, 1.165) is 23.7 Å². The zero-order valence-corrected chi connectivity index (χ0v) is 8.19. The van der Waals surface area contributed by atoms with Crippen LogP contribution in [-0.4, -0.2) is 0 Å². The zero-order valence-electron chi connectivity index (χ0n) is 8.19. The SMILES string of the molecule is C1=C[C@H]2C[C@@H]1[C@H]1Cc3ccccc3[C@H]12. The number of fused-ring (bicyclic) bond motifs is 7. The maximum Gasteiger partial charge on any atom is -0.00589 e. The average Bonchev–Trinajstić information content (AvgIpc) is 2.88. The van der Waals surface area contributed by atoms with Crippen LogP contribution in [0.1, 0.15) is 23.5 Å². The maximum atomic E-state index is 2.47. The third kappa shape index (κ3) is 0.716. The van der Waals surface area contributed by atoms with Crippen molar-refractivity contribution in [1.82, 2.24) is 0 Å². The van der Waals surface area contributed by atoms with E-state index in [9.17, 15) is 0 Å².